The topological polar surface area (TPSA) is 46.6 Å². The van der Waals surface area contributed by atoms with Gasteiger partial charge in [0, 0.05) is 12.0 Å². The lowest BCUT2D eigenvalue weighted by atomic mass is 9.94. The van der Waals surface area contributed by atoms with Crippen LogP contribution >= 0.6 is 0 Å². The first-order chi connectivity index (χ1) is 7.32. The van der Waals surface area contributed by atoms with Crippen molar-refractivity contribution in [3.8, 4) is 0 Å². The molecule has 0 N–H and O–H groups in total. The van der Waals surface area contributed by atoms with Crippen LogP contribution < -0.4 is 0 Å². The maximum Gasteiger partial charge on any atom is 0.325 e. The molecule has 0 heterocycles. The largest absolute Gasteiger partial charge is 0.465 e. The summed E-state index contributed by atoms with van der Waals surface area (Å²) >= 11 is 0. The molecule has 0 atom stereocenters. The third kappa shape index (κ3) is 5.14. The van der Waals surface area contributed by atoms with Gasteiger partial charge in [-0.15, -0.1) is 0 Å². The molecule has 0 aliphatic heterocycles. The number of carbonyl (C=O) groups excluding carboxylic acids is 2. The Hall–Kier alpha value is -1.06. The molecule has 0 aromatic rings. The third-order valence-electron chi connectivity index (χ3n) is 2.05. The molecule has 0 spiro atoms. The number of nitrogens with zero attached hydrogens (tertiary/aromatic N) is 1. The minimum Gasteiger partial charge on any atom is -0.465 e. The van der Waals surface area contributed by atoms with E-state index in [2.05, 4.69) is 0 Å². The molecule has 16 heavy (non-hydrogen) atoms. The van der Waals surface area contributed by atoms with Crippen LogP contribution in [-0.2, 0) is 14.3 Å². The summed E-state index contributed by atoms with van der Waals surface area (Å²) in [7, 11) is 0. The molecule has 0 aromatic heterocycles. The Morgan fingerprint density at radius 3 is 2.12 bits per heavy atom. The number of hydrogen-bond acceptors (Lipinski definition) is 3. The van der Waals surface area contributed by atoms with E-state index in [4.69, 9.17) is 4.74 Å². The van der Waals surface area contributed by atoms with Crippen LogP contribution in [0.5, 0.6) is 0 Å². The first kappa shape index (κ1) is 14.9. The zero-order valence-corrected chi connectivity index (χ0v) is 11.0. The molecule has 4 heteroatoms. The van der Waals surface area contributed by atoms with Gasteiger partial charge >= 0.3 is 5.97 Å². The third-order valence-corrected chi connectivity index (χ3v) is 2.05. The van der Waals surface area contributed by atoms with Gasteiger partial charge in [0.25, 0.3) is 0 Å². The fourth-order valence-electron chi connectivity index (χ4n) is 1.36. The number of amides is 1. The van der Waals surface area contributed by atoms with Gasteiger partial charge in [-0.2, -0.15) is 0 Å². The monoisotopic (exact) mass is 229 g/mol. The molecule has 0 fully saturated rings. The van der Waals surface area contributed by atoms with Crippen molar-refractivity contribution in [3.05, 3.63) is 0 Å². The lowest BCUT2D eigenvalue weighted by Crippen LogP contribution is -2.43. The van der Waals surface area contributed by atoms with E-state index in [0.29, 0.717) is 13.2 Å². The maximum atomic E-state index is 12.0. The molecule has 0 saturated carbocycles. The number of carbonyl (C=O) groups is 2. The number of esters is 1. The minimum absolute atomic E-state index is 0.0117. The molecule has 0 bridgehead atoms. The Kier molecular flexibility index (Phi) is 6.08. The lowest BCUT2D eigenvalue weighted by molar-refractivity contribution is -0.151. The molecule has 0 saturated heterocycles. The molecule has 4 nitrogen and oxygen atoms in total. The fourth-order valence-corrected chi connectivity index (χ4v) is 1.36. The average molecular weight is 229 g/mol. The summed E-state index contributed by atoms with van der Waals surface area (Å²) in [5.74, 6) is -0.351. The van der Waals surface area contributed by atoms with Gasteiger partial charge in [0.05, 0.1) is 6.61 Å². The highest BCUT2D eigenvalue weighted by molar-refractivity contribution is 5.85. The Morgan fingerprint density at radius 1 is 1.19 bits per heavy atom. The summed E-state index contributed by atoms with van der Waals surface area (Å²) in [4.78, 5) is 24.9. The van der Waals surface area contributed by atoms with Gasteiger partial charge in [-0.25, -0.2) is 0 Å². The van der Waals surface area contributed by atoms with E-state index in [1.165, 1.54) is 0 Å². The zero-order chi connectivity index (χ0) is 12.8. The van der Waals surface area contributed by atoms with Crippen LogP contribution in [0.3, 0.4) is 0 Å². The van der Waals surface area contributed by atoms with Gasteiger partial charge in [-0.05, 0) is 13.3 Å². The number of rotatable bonds is 5. The quantitative estimate of drug-likeness (QED) is 0.676. The lowest BCUT2D eigenvalue weighted by Gasteiger charge is -2.28. The first-order valence-electron chi connectivity index (χ1n) is 5.77. The molecule has 1 amide bonds. The molecular weight excluding hydrogens is 206 g/mol. The second kappa shape index (κ2) is 6.51. The normalized spacial score (nSPS) is 11.1. The van der Waals surface area contributed by atoms with Crippen molar-refractivity contribution in [2.45, 2.75) is 41.0 Å². The van der Waals surface area contributed by atoms with Gasteiger partial charge in [0.2, 0.25) is 5.91 Å². The van der Waals surface area contributed by atoms with E-state index < -0.39 is 5.41 Å². The van der Waals surface area contributed by atoms with Gasteiger partial charge in [0.15, 0.2) is 0 Å². The highest BCUT2D eigenvalue weighted by atomic mass is 16.5. The van der Waals surface area contributed by atoms with Gasteiger partial charge in [-0.1, -0.05) is 27.7 Å². The van der Waals surface area contributed by atoms with E-state index in [1.54, 1.807) is 11.8 Å². The van der Waals surface area contributed by atoms with E-state index in [1.807, 2.05) is 27.7 Å². The summed E-state index contributed by atoms with van der Waals surface area (Å²) in [5, 5.41) is 0. The molecule has 0 aliphatic carbocycles. The summed E-state index contributed by atoms with van der Waals surface area (Å²) in [6.45, 7) is 10.3. The van der Waals surface area contributed by atoms with Crippen LogP contribution in [-0.4, -0.2) is 36.5 Å². The second-order valence-electron chi connectivity index (χ2n) is 4.78. The molecule has 0 unspecified atom stereocenters. The standard InChI is InChI=1S/C12H23NO3/c1-6-8-13(9-10(14)16-7-2)11(15)12(3,4)5/h6-9H2,1-5H3. The second-order valence-corrected chi connectivity index (χ2v) is 4.78. The highest BCUT2D eigenvalue weighted by Gasteiger charge is 2.28. The Labute approximate surface area is 98.0 Å². The van der Waals surface area contributed by atoms with Crippen LogP contribution in [0.2, 0.25) is 0 Å². The Morgan fingerprint density at radius 2 is 1.75 bits per heavy atom. The van der Waals surface area contributed by atoms with Crippen molar-refractivity contribution in [2.75, 3.05) is 19.7 Å². The Bertz CT molecular complexity index is 243. The molecule has 0 radical (unpaired) electrons. The van der Waals surface area contributed by atoms with Crippen molar-refractivity contribution in [1.82, 2.24) is 4.90 Å². The van der Waals surface area contributed by atoms with Crippen LogP contribution in [0.25, 0.3) is 0 Å². The summed E-state index contributed by atoms with van der Waals surface area (Å²) in [6.07, 6.45) is 0.835. The predicted octanol–water partition coefficient (Wildman–Crippen LogP) is 1.83. The molecule has 0 aromatic carbocycles. The van der Waals surface area contributed by atoms with Gasteiger partial charge in [-0.3, -0.25) is 9.59 Å². The zero-order valence-electron chi connectivity index (χ0n) is 11.0. The van der Waals surface area contributed by atoms with Gasteiger partial charge in [0.1, 0.15) is 6.54 Å². The molecule has 0 aliphatic rings. The van der Waals surface area contributed by atoms with Crippen molar-refractivity contribution >= 4 is 11.9 Å². The van der Waals surface area contributed by atoms with Crippen LogP contribution in [0.1, 0.15) is 41.0 Å². The summed E-state index contributed by atoms with van der Waals surface area (Å²) < 4.78 is 4.85. The van der Waals surface area contributed by atoms with E-state index >= 15 is 0 Å². The summed E-state index contributed by atoms with van der Waals surface area (Å²) in [5.41, 5.74) is -0.457. The van der Waals surface area contributed by atoms with Crippen LogP contribution in [0.4, 0.5) is 0 Å². The maximum absolute atomic E-state index is 12.0. The molecule has 94 valence electrons. The predicted molar refractivity (Wildman–Crippen MR) is 63.0 cm³/mol. The van der Waals surface area contributed by atoms with Gasteiger partial charge < -0.3 is 9.64 Å². The molecular formula is C12H23NO3. The van der Waals surface area contributed by atoms with Crippen LogP contribution in [0, 0.1) is 5.41 Å². The van der Waals surface area contributed by atoms with Crippen molar-refractivity contribution in [2.24, 2.45) is 5.41 Å². The van der Waals surface area contributed by atoms with Crippen LogP contribution in [0.15, 0.2) is 0 Å². The van der Waals surface area contributed by atoms with E-state index in [9.17, 15) is 9.59 Å². The average Bonchev–Trinajstić information content (AvgIpc) is 2.15. The van der Waals surface area contributed by atoms with Crippen molar-refractivity contribution in [3.63, 3.8) is 0 Å². The highest BCUT2D eigenvalue weighted by Crippen LogP contribution is 2.17. The van der Waals surface area contributed by atoms with E-state index in [-0.39, 0.29) is 18.4 Å². The minimum atomic E-state index is -0.457. The Balaban J connectivity index is 4.49. The van der Waals surface area contributed by atoms with Crippen molar-refractivity contribution in [1.29, 1.82) is 0 Å². The number of hydrogen-bond donors (Lipinski definition) is 0. The smallest absolute Gasteiger partial charge is 0.325 e. The molecule has 0 rings (SSSR count). The summed E-state index contributed by atoms with van der Waals surface area (Å²) in [6, 6.07) is 0. The van der Waals surface area contributed by atoms with E-state index in [0.717, 1.165) is 6.42 Å². The fraction of sp³-hybridized carbons (Fsp3) is 0.833. The van der Waals surface area contributed by atoms with Crippen molar-refractivity contribution < 1.29 is 14.3 Å². The number of ether oxygens (including phenoxy) is 1. The first-order valence-corrected chi connectivity index (χ1v) is 5.77. The SMILES string of the molecule is CCCN(CC(=O)OCC)C(=O)C(C)(C)C.